The second-order valence-corrected chi connectivity index (χ2v) is 6.18. The number of ether oxygens (including phenoxy) is 1. The summed E-state index contributed by atoms with van der Waals surface area (Å²) in [6.45, 7) is 0.817. The Bertz CT molecular complexity index is 360. The van der Waals surface area contributed by atoms with Crippen molar-refractivity contribution >= 4 is 11.8 Å². The van der Waals surface area contributed by atoms with Crippen LogP contribution in [-0.2, 0) is 14.3 Å². The van der Waals surface area contributed by atoms with Gasteiger partial charge in [0, 0.05) is 0 Å². The van der Waals surface area contributed by atoms with E-state index >= 15 is 0 Å². The van der Waals surface area contributed by atoms with Gasteiger partial charge in [-0.2, -0.15) is 0 Å². The first-order chi connectivity index (χ1) is 9.58. The maximum atomic E-state index is 12.7. The van der Waals surface area contributed by atoms with Gasteiger partial charge < -0.3 is 15.8 Å². The zero-order valence-corrected chi connectivity index (χ0v) is 12.3. The highest BCUT2D eigenvalue weighted by Crippen LogP contribution is 2.31. The lowest BCUT2D eigenvalue weighted by molar-refractivity contribution is -0.153. The van der Waals surface area contributed by atoms with E-state index < -0.39 is 11.5 Å². The first-order valence-electron chi connectivity index (χ1n) is 7.73. The molecular formula is C15H26N2O3. The Balaban J connectivity index is 2.10. The van der Waals surface area contributed by atoms with Gasteiger partial charge in [0.15, 0.2) is 11.3 Å². The van der Waals surface area contributed by atoms with E-state index in [1.807, 2.05) is 0 Å². The molecule has 1 aliphatic heterocycles. The maximum absolute atomic E-state index is 12.7. The minimum atomic E-state index is -1.47. The highest BCUT2D eigenvalue weighted by atomic mass is 16.5. The Kier molecular flexibility index (Phi) is 5.16. The van der Waals surface area contributed by atoms with Crippen molar-refractivity contribution in [2.75, 3.05) is 13.7 Å². The lowest BCUT2D eigenvalue weighted by Gasteiger charge is -2.33. The third-order valence-corrected chi connectivity index (χ3v) is 4.70. The number of carbonyl (C=O) groups excluding carboxylic acids is 2. The van der Waals surface area contributed by atoms with Crippen LogP contribution in [0.2, 0.25) is 0 Å². The van der Waals surface area contributed by atoms with Crippen molar-refractivity contribution in [2.45, 2.75) is 62.9 Å². The fourth-order valence-corrected chi connectivity index (χ4v) is 3.53. The Hall–Kier alpha value is -0.940. The van der Waals surface area contributed by atoms with Crippen LogP contribution in [0, 0.1) is 5.92 Å². The van der Waals surface area contributed by atoms with Gasteiger partial charge in [-0.1, -0.05) is 32.1 Å². The lowest BCUT2D eigenvalue weighted by Crippen LogP contribution is -2.61. The summed E-state index contributed by atoms with van der Waals surface area (Å²) in [6, 6.07) is -0.289. The third kappa shape index (κ3) is 3.20. The van der Waals surface area contributed by atoms with Crippen LogP contribution in [0.1, 0.15) is 51.4 Å². The van der Waals surface area contributed by atoms with E-state index in [-0.39, 0.29) is 11.8 Å². The average molecular weight is 282 g/mol. The highest BCUT2D eigenvalue weighted by Gasteiger charge is 2.47. The average Bonchev–Trinajstić information content (AvgIpc) is 3.00. The molecule has 3 N–H and O–H groups in total. The Labute approximate surface area is 120 Å². The molecule has 1 saturated heterocycles. The normalized spacial score (nSPS) is 27.0. The van der Waals surface area contributed by atoms with Gasteiger partial charge in [0.1, 0.15) is 0 Å². The van der Waals surface area contributed by atoms with Crippen molar-refractivity contribution < 1.29 is 14.3 Å². The molecule has 2 rings (SSSR count). The molecule has 5 nitrogen and oxygen atoms in total. The van der Waals surface area contributed by atoms with Crippen LogP contribution in [0.15, 0.2) is 0 Å². The van der Waals surface area contributed by atoms with E-state index in [9.17, 15) is 9.59 Å². The van der Waals surface area contributed by atoms with E-state index in [0.717, 1.165) is 45.1 Å². The van der Waals surface area contributed by atoms with Gasteiger partial charge in [0.05, 0.1) is 13.2 Å². The smallest absolute Gasteiger partial charge is 0.333 e. The number of methoxy groups -OCH3 is 1. The monoisotopic (exact) mass is 282 g/mol. The van der Waals surface area contributed by atoms with Crippen LogP contribution < -0.4 is 11.1 Å². The van der Waals surface area contributed by atoms with Gasteiger partial charge in [0.2, 0.25) is 0 Å². The van der Waals surface area contributed by atoms with Crippen molar-refractivity contribution in [2.24, 2.45) is 11.7 Å². The second kappa shape index (κ2) is 6.68. The van der Waals surface area contributed by atoms with E-state index in [4.69, 9.17) is 10.5 Å². The molecule has 1 heterocycles. The van der Waals surface area contributed by atoms with E-state index in [1.54, 1.807) is 0 Å². The van der Waals surface area contributed by atoms with E-state index in [1.165, 1.54) is 13.5 Å². The molecule has 0 amide bonds. The Morgan fingerprint density at radius 1 is 1.20 bits per heavy atom. The summed E-state index contributed by atoms with van der Waals surface area (Å²) in [4.78, 5) is 24.8. The fourth-order valence-electron chi connectivity index (χ4n) is 3.53. The number of nitrogens with one attached hydrogen (secondary N) is 1. The van der Waals surface area contributed by atoms with Crippen LogP contribution in [0.4, 0.5) is 0 Å². The first kappa shape index (κ1) is 15.4. The Morgan fingerprint density at radius 2 is 1.90 bits per heavy atom. The minimum absolute atomic E-state index is 0.188. The summed E-state index contributed by atoms with van der Waals surface area (Å²) in [7, 11) is 1.31. The fraction of sp³-hybridized carbons (Fsp3) is 0.867. The standard InChI is InChI=1S/C15H26N2O3/c1-20-14(19)15(16,10-11-6-3-2-4-7-11)13(18)12-8-5-9-17-12/h11-12,17H,2-10,16H2,1H3/t12?,15-/m1/s1. The largest absolute Gasteiger partial charge is 0.467 e. The van der Waals surface area contributed by atoms with Gasteiger partial charge in [-0.3, -0.25) is 4.79 Å². The molecule has 0 aromatic heterocycles. The van der Waals surface area contributed by atoms with Crippen molar-refractivity contribution in [1.82, 2.24) is 5.32 Å². The number of rotatable bonds is 5. The summed E-state index contributed by atoms with van der Waals surface area (Å²) in [6.07, 6.45) is 7.83. The van der Waals surface area contributed by atoms with Crippen molar-refractivity contribution in [3.63, 3.8) is 0 Å². The van der Waals surface area contributed by atoms with Crippen LogP contribution in [0.25, 0.3) is 0 Å². The SMILES string of the molecule is COC(=O)[C@@](N)(CC1CCCCC1)C(=O)C1CCCN1. The molecule has 1 aliphatic carbocycles. The molecule has 0 aromatic rings. The maximum Gasteiger partial charge on any atom is 0.333 e. The van der Waals surface area contributed by atoms with Crippen molar-refractivity contribution in [3.8, 4) is 0 Å². The zero-order valence-electron chi connectivity index (χ0n) is 12.3. The molecule has 114 valence electrons. The minimum Gasteiger partial charge on any atom is -0.467 e. The van der Waals surface area contributed by atoms with Crippen LogP contribution in [0.5, 0.6) is 0 Å². The summed E-state index contributed by atoms with van der Waals surface area (Å²) < 4.78 is 4.83. The predicted octanol–water partition coefficient (Wildman–Crippen LogP) is 1.15. The topological polar surface area (TPSA) is 81.4 Å². The van der Waals surface area contributed by atoms with Crippen LogP contribution >= 0.6 is 0 Å². The number of hydrogen-bond donors (Lipinski definition) is 2. The molecule has 5 heteroatoms. The summed E-state index contributed by atoms with van der Waals surface area (Å²) in [5, 5.41) is 3.14. The molecule has 0 spiro atoms. The predicted molar refractivity (Wildman–Crippen MR) is 76.2 cm³/mol. The van der Waals surface area contributed by atoms with Gasteiger partial charge in [-0.15, -0.1) is 0 Å². The van der Waals surface area contributed by atoms with Gasteiger partial charge >= 0.3 is 5.97 Å². The number of hydrogen-bond acceptors (Lipinski definition) is 5. The lowest BCUT2D eigenvalue weighted by atomic mass is 9.76. The molecule has 2 atom stereocenters. The molecule has 0 aromatic carbocycles. The summed E-state index contributed by atoms with van der Waals surface area (Å²) >= 11 is 0. The number of carbonyl (C=O) groups is 2. The highest BCUT2D eigenvalue weighted by molar-refractivity contribution is 6.10. The molecular weight excluding hydrogens is 256 g/mol. The molecule has 2 fully saturated rings. The molecule has 1 saturated carbocycles. The molecule has 0 radical (unpaired) electrons. The van der Waals surface area contributed by atoms with E-state index in [0.29, 0.717) is 12.3 Å². The quantitative estimate of drug-likeness (QED) is 0.584. The molecule has 1 unspecified atom stereocenters. The van der Waals surface area contributed by atoms with Crippen molar-refractivity contribution in [1.29, 1.82) is 0 Å². The zero-order chi connectivity index (χ0) is 14.6. The molecule has 2 aliphatic rings. The number of ketones is 1. The third-order valence-electron chi connectivity index (χ3n) is 4.70. The van der Waals surface area contributed by atoms with Crippen LogP contribution in [0.3, 0.4) is 0 Å². The first-order valence-corrected chi connectivity index (χ1v) is 7.73. The Morgan fingerprint density at radius 3 is 2.45 bits per heavy atom. The van der Waals surface area contributed by atoms with Gasteiger partial charge in [-0.05, 0) is 31.7 Å². The summed E-state index contributed by atoms with van der Waals surface area (Å²) in [5.41, 5.74) is 4.77. The second-order valence-electron chi connectivity index (χ2n) is 6.18. The molecule has 20 heavy (non-hydrogen) atoms. The van der Waals surface area contributed by atoms with Crippen LogP contribution in [-0.4, -0.2) is 37.0 Å². The van der Waals surface area contributed by atoms with E-state index in [2.05, 4.69) is 5.32 Å². The number of nitrogens with two attached hydrogens (primary N) is 1. The van der Waals surface area contributed by atoms with Crippen molar-refractivity contribution in [3.05, 3.63) is 0 Å². The number of esters is 1. The molecule has 0 bridgehead atoms. The van der Waals surface area contributed by atoms with Gasteiger partial charge in [-0.25, -0.2) is 4.79 Å². The summed E-state index contributed by atoms with van der Waals surface area (Å²) in [5.74, 6) is -0.410. The number of Topliss-reactive ketones (excluding diaryl/α,β-unsaturated/α-hetero) is 1. The van der Waals surface area contributed by atoms with Gasteiger partial charge in [0.25, 0.3) is 0 Å².